The number of hydrogen-bond acceptors (Lipinski definition) is 2. The highest BCUT2D eigenvalue weighted by Gasteiger charge is 2.38. The van der Waals surface area contributed by atoms with Crippen LogP contribution in [0, 0.1) is 5.92 Å². The van der Waals surface area contributed by atoms with Crippen molar-refractivity contribution in [2.45, 2.75) is 77.4 Å². The lowest BCUT2D eigenvalue weighted by Gasteiger charge is -2.42. The fourth-order valence-electron chi connectivity index (χ4n) is 3.23. The first-order chi connectivity index (χ1) is 7.70. The van der Waals surface area contributed by atoms with Crippen LogP contribution >= 0.6 is 0 Å². The van der Waals surface area contributed by atoms with E-state index < -0.39 is 0 Å². The van der Waals surface area contributed by atoms with Gasteiger partial charge in [-0.05, 0) is 38.5 Å². The Morgan fingerprint density at radius 1 is 1.12 bits per heavy atom. The minimum atomic E-state index is -0.0727. The van der Waals surface area contributed by atoms with Gasteiger partial charge in [-0.2, -0.15) is 0 Å². The summed E-state index contributed by atoms with van der Waals surface area (Å²) in [7, 11) is 0. The molecular weight excluding hydrogens is 198 g/mol. The lowest BCUT2D eigenvalue weighted by atomic mass is 9.75. The normalized spacial score (nSPS) is 21.0. The zero-order valence-corrected chi connectivity index (χ0v) is 11.3. The van der Waals surface area contributed by atoms with E-state index in [0.717, 1.165) is 19.4 Å². The topological polar surface area (TPSA) is 35.2 Å². The standard InChI is InChI=1S/C14H29NO/c1-4-14(5-2,16-6-3)13(15)12-10-8-7-9-11-12/h12-13H,4-11,15H2,1-3H3. The Morgan fingerprint density at radius 3 is 2.12 bits per heavy atom. The molecule has 1 unspecified atom stereocenters. The van der Waals surface area contributed by atoms with E-state index in [1.54, 1.807) is 0 Å². The minimum absolute atomic E-state index is 0.0727. The van der Waals surface area contributed by atoms with Crippen molar-refractivity contribution in [1.29, 1.82) is 0 Å². The molecule has 1 saturated carbocycles. The highest BCUT2D eigenvalue weighted by molar-refractivity contribution is 4.94. The Hall–Kier alpha value is -0.0800. The van der Waals surface area contributed by atoms with E-state index in [1.165, 1.54) is 32.1 Å². The molecule has 2 heteroatoms. The highest BCUT2D eigenvalue weighted by atomic mass is 16.5. The van der Waals surface area contributed by atoms with Crippen LogP contribution in [0.1, 0.15) is 65.7 Å². The van der Waals surface area contributed by atoms with Gasteiger partial charge in [0.1, 0.15) is 0 Å². The van der Waals surface area contributed by atoms with Gasteiger partial charge in [-0.25, -0.2) is 0 Å². The summed E-state index contributed by atoms with van der Waals surface area (Å²) in [6, 6.07) is 0.225. The molecule has 1 rings (SSSR count). The first-order valence-electron chi connectivity index (χ1n) is 7.09. The SMILES string of the molecule is CCOC(CC)(CC)C(N)C1CCCCC1. The first-order valence-corrected chi connectivity index (χ1v) is 7.09. The summed E-state index contributed by atoms with van der Waals surface area (Å²) in [5.74, 6) is 0.681. The van der Waals surface area contributed by atoms with Crippen LogP contribution in [0.15, 0.2) is 0 Å². The molecule has 0 aromatic carbocycles. The van der Waals surface area contributed by atoms with E-state index in [9.17, 15) is 0 Å². The molecule has 2 nitrogen and oxygen atoms in total. The first kappa shape index (κ1) is 14.0. The minimum Gasteiger partial charge on any atom is -0.374 e. The van der Waals surface area contributed by atoms with Crippen LogP contribution in [-0.4, -0.2) is 18.2 Å². The molecule has 0 aliphatic heterocycles. The van der Waals surface area contributed by atoms with Gasteiger partial charge in [0.05, 0.1) is 5.60 Å². The summed E-state index contributed by atoms with van der Waals surface area (Å²) in [5.41, 5.74) is 6.44. The van der Waals surface area contributed by atoms with Crippen molar-refractivity contribution in [3.05, 3.63) is 0 Å². The van der Waals surface area contributed by atoms with Crippen LogP contribution in [0.5, 0.6) is 0 Å². The van der Waals surface area contributed by atoms with Crippen LogP contribution < -0.4 is 5.73 Å². The quantitative estimate of drug-likeness (QED) is 0.754. The third-order valence-corrected chi connectivity index (χ3v) is 4.39. The monoisotopic (exact) mass is 227 g/mol. The van der Waals surface area contributed by atoms with Crippen LogP contribution in [-0.2, 0) is 4.74 Å². The molecule has 0 aromatic heterocycles. The molecule has 1 atom stereocenters. The Bertz CT molecular complexity index is 183. The van der Waals surface area contributed by atoms with Crippen molar-refractivity contribution < 1.29 is 4.74 Å². The second-order valence-corrected chi connectivity index (χ2v) is 5.13. The van der Waals surface area contributed by atoms with E-state index in [2.05, 4.69) is 20.8 Å². The molecule has 0 aromatic rings. The molecule has 0 bridgehead atoms. The molecule has 1 aliphatic carbocycles. The predicted molar refractivity (Wildman–Crippen MR) is 69.5 cm³/mol. The lowest BCUT2D eigenvalue weighted by Crippen LogP contribution is -2.53. The maximum absolute atomic E-state index is 6.51. The van der Waals surface area contributed by atoms with Gasteiger partial charge in [0, 0.05) is 12.6 Å². The van der Waals surface area contributed by atoms with Crippen LogP contribution in [0.3, 0.4) is 0 Å². The summed E-state index contributed by atoms with van der Waals surface area (Å²) in [6.45, 7) is 7.28. The Balaban J connectivity index is 2.67. The van der Waals surface area contributed by atoms with Gasteiger partial charge in [-0.3, -0.25) is 0 Å². The van der Waals surface area contributed by atoms with Crippen molar-refractivity contribution in [1.82, 2.24) is 0 Å². The van der Waals surface area contributed by atoms with Crippen LogP contribution in [0.2, 0.25) is 0 Å². The molecule has 0 saturated heterocycles. The van der Waals surface area contributed by atoms with Crippen molar-refractivity contribution in [3.63, 3.8) is 0 Å². The zero-order chi connectivity index (χ0) is 12.0. The summed E-state index contributed by atoms with van der Waals surface area (Å²) in [6.07, 6.45) is 8.78. The predicted octanol–water partition coefficient (Wildman–Crippen LogP) is 3.49. The molecule has 16 heavy (non-hydrogen) atoms. The molecule has 1 fully saturated rings. The molecule has 0 spiro atoms. The summed E-state index contributed by atoms with van der Waals surface area (Å²) >= 11 is 0. The Kier molecular flexibility index (Phi) is 5.77. The van der Waals surface area contributed by atoms with Gasteiger partial charge in [-0.1, -0.05) is 33.1 Å². The molecule has 1 aliphatic rings. The molecular formula is C14H29NO. The number of ether oxygens (including phenoxy) is 1. The van der Waals surface area contributed by atoms with Gasteiger partial charge < -0.3 is 10.5 Å². The van der Waals surface area contributed by atoms with Crippen molar-refractivity contribution in [3.8, 4) is 0 Å². The average Bonchev–Trinajstić information content (AvgIpc) is 2.36. The van der Waals surface area contributed by atoms with Crippen LogP contribution in [0.25, 0.3) is 0 Å². The maximum atomic E-state index is 6.51. The molecule has 96 valence electrons. The van der Waals surface area contributed by atoms with E-state index in [-0.39, 0.29) is 11.6 Å². The van der Waals surface area contributed by atoms with Gasteiger partial charge in [0.25, 0.3) is 0 Å². The molecule has 0 amide bonds. The van der Waals surface area contributed by atoms with E-state index in [0.29, 0.717) is 5.92 Å². The molecule has 0 heterocycles. The van der Waals surface area contributed by atoms with E-state index in [4.69, 9.17) is 10.5 Å². The van der Waals surface area contributed by atoms with Gasteiger partial charge in [0.2, 0.25) is 0 Å². The highest BCUT2D eigenvalue weighted by Crippen LogP contribution is 2.35. The average molecular weight is 227 g/mol. The number of nitrogens with two attached hydrogens (primary N) is 1. The smallest absolute Gasteiger partial charge is 0.0829 e. The maximum Gasteiger partial charge on any atom is 0.0829 e. The zero-order valence-electron chi connectivity index (χ0n) is 11.3. The van der Waals surface area contributed by atoms with Crippen molar-refractivity contribution >= 4 is 0 Å². The number of rotatable bonds is 6. The van der Waals surface area contributed by atoms with Crippen molar-refractivity contribution in [2.24, 2.45) is 11.7 Å². The van der Waals surface area contributed by atoms with E-state index in [1.807, 2.05) is 0 Å². The van der Waals surface area contributed by atoms with E-state index >= 15 is 0 Å². The second-order valence-electron chi connectivity index (χ2n) is 5.13. The van der Waals surface area contributed by atoms with Gasteiger partial charge >= 0.3 is 0 Å². The summed E-state index contributed by atoms with van der Waals surface area (Å²) in [5, 5.41) is 0. The van der Waals surface area contributed by atoms with Crippen LogP contribution in [0.4, 0.5) is 0 Å². The third kappa shape index (κ3) is 2.98. The fourth-order valence-corrected chi connectivity index (χ4v) is 3.23. The summed E-state index contributed by atoms with van der Waals surface area (Å²) in [4.78, 5) is 0. The number of hydrogen-bond donors (Lipinski definition) is 1. The summed E-state index contributed by atoms with van der Waals surface area (Å²) < 4.78 is 6.02. The second kappa shape index (κ2) is 6.61. The molecule has 0 radical (unpaired) electrons. The van der Waals surface area contributed by atoms with Crippen molar-refractivity contribution in [2.75, 3.05) is 6.61 Å². The van der Waals surface area contributed by atoms with Gasteiger partial charge in [0.15, 0.2) is 0 Å². The lowest BCUT2D eigenvalue weighted by molar-refractivity contribution is -0.0789. The van der Waals surface area contributed by atoms with Gasteiger partial charge in [-0.15, -0.1) is 0 Å². The third-order valence-electron chi connectivity index (χ3n) is 4.39. The fraction of sp³-hybridized carbons (Fsp3) is 1.00. The largest absolute Gasteiger partial charge is 0.374 e. The molecule has 2 N–H and O–H groups in total. The Labute approximate surface area is 101 Å². The Morgan fingerprint density at radius 2 is 1.69 bits per heavy atom.